The lowest BCUT2D eigenvalue weighted by molar-refractivity contribution is 0.0755. The van der Waals surface area contributed by atoms with Crippen molar-refractivity contribution in [1.29, 1.82) is 5.26 Å². The fourth-order valence-electron chi connectivity index (χ4n) is 1.89. The summed E-state index contributed by atoms with van der Waals surface area (Å²) in [5, 5.41) is 8.60. The van der Waals surface area contributed by atoms with Crippen LogP contribution in [0.4, 0.5) is 0 Å². The van der Waals surface area contributed by atoms with E-state index < -0.39 is 0 Å². The number of carbonyl (C=O) groups is 1. The van der Waals surface area contributed by atoms with Gasteiger partial charge in [0.15, 0.2) is 0 Å². The number of benzene rings is 1. The Labute approximate surface area is 109 Å². The van der Waals surface area contributed by atoms with E-state index in [1.165, 1.54) is 0 Å². The van der Waals surface area contributed by atoms with E-state index in [0.29, 0.717) is 12.0 Å². The van der Waals surface area contributed by atoms with Gasteiger partial charge in [0.25, 0.3) is 5.91 Å². The molecule has 0 aliphatic heterocycles. The molecular weight excluding hydrogens is 224 g/mol. The Balaban J connectivity index is 2.78. The lowest BCUT2D eigenvalue weighted by atomic mass is 10.1. The highest BCUT2D eigenvalue weighted by atomic mass is 16.2. The fraction of sp³-hybridized carbons (Fsp3) is 0.467. The number of nitrogens with zero attached hydrogens (tertiary/aromatic N) is 2. The van der Waals surface area contributed by atoms with Gasteiger partial charge in [0.1, 0.15) is 0 Å². The normalized spacial score (nSPS) is 9.83. The second kappa shape index (κ2) is 7.50. The highest BCUT2D eigenvalue weighted by Crippen LogP contribution is 2.09. The molecule has 0 atom stereocenters. The minimum atomic E-state index is 0.0854. The number of amides is 1. The van der Waals surface area contributed by atoms with Gasteiger partial charge in [0.2, 0.25) is 0 Å². The van der Waals surface area contributed by atoms with Gasteiger partial charge in [0.05, 0.1) is 12.5 Å². The summed E-state index contributed by atoms with van der Waals surface area (Å²) in [7, 11) is 0. The smallest absolute Gasteiger partial charge is 0.253 e. The van der Waals surface area contributed by atoms with Crippen LogP contribution >= 0.6 is 0 Å². The van der Waals surface area contributed by atoms with Crippen LogP contribution in [0.5, 0.6) is 0 Å². The van der Waals surface area contributed by atoms with Crippen LogP contribution in [0, 0.1) is 11.3 Å². The molecule has 0 aliphatic carbocycles. The van der Waals surface area contributed by atoms with Gasteiger partial charge in [-0.15, -0.1) is 0 Å². The third kappa shape index (κ3) is 3.89. The highest BCUT2D eigenvalue weighted by Gasteiger charge is 2.13. The second-order valence-electron chi connectivity index (χ2n) is 4.32. The maximum absolute atomic E-state index is 12.3. The van der Waals surface area contributed by atoms with Crippen molar-refractivity contribution in [2.75, 3.05) is 13.1 Å². The van der Waals surface area contributed by atoms with Crippen LogP contribution in [-0.2, 0) is 6.42 Å². The summed E-state index contributed by atoms with van der Waals surface area (Å²) in [6, 6.07) is 9.43. The van der Waals surface area contributed by atoms with Gasteiger partial charge in [-0.1, -0.05) is 26.0 Å². The Bertz CT molecular complexity index is 411. The predicted molar refractivity (Wildman–Crippen MR) is 72.2 cm³/mol. The van der Waals surface area contributed by atoms with Gasteiger partial charge in [-0.3, -0.25) is 4.79 Å². The van der Waals surface area contributed by atoms with Crippen LogP contribution in [0.3, 0.4) is 0 Å². The number of nitriles is 1. The molecule has 0 aromatic heterocycles. The first-order chi connectivity index (χ1) is 8.72. The topological polar surface area (TPSA) is 44.1 Å². The molecule has 0 heterocycles. The SMILES string of the molecule is CCCN(CCC)C(=O)c1ccc(CC#N)cc1. The van der Waals surface area contributed by atoms with Crippen LogP contribution in [0.1, 0.15) is 42.6 Å². The third-order valence-electron chi connectivity index (χ3n) is 2.76. The van der Waals surface area contributed by atoms with Crippen molar-refractivity contribution >= 4 is 5.91 Å². The van der Waals surface area contributed by atoms with Gasteiger partial charge in [-0.25, -0.2) is 0 Å². The van der Waals surface area contributed by atoms with E-state index in [1.807, 2.05) is 29.2 Å². The largest absolute Gasteiger partial charge is 0.339 e. The Hall–Kier alpha value is -1.82. The summed E-state index contributed by atoms with van der Waals surface area (Å²) in [5.74, 6) is 0.0854. The molecule has 3 heteroatoms. The first-order valence-electron chi connectivity index (χ1n) is 6.48. The molecule has 18 heavy (non-hydrogen) atoms. The van der Waals surface area contributed by atoms with E-state index in [2.05, 4.69) is 19.9 Å². The average molecular weight is 244 g/mol. The molecule has 0 N–H and O–H groups in total. The molecule has 0 saturated heterocycles. The van der Waals surface area contributed by atoms with Gasteiger partial charge < -0.3 is 4.90 Å². The summed E-state index contributed by atoms with van der Waals surface area (Å²) in [6.45, 7) is 5.75. The zero-order valence-corrected chi connectivity index (χ0v) is 11.1. The molecule has 0 unspecified atom stereocenters. The molecule has 3 nitrogen and oxygen atoms in total. The zero-order valence-electron chi connectivity index (χ0n) is 11.1. The Morgan fingerprint density at radius 1 is 1.17 bits per heavy atom. The predicted octanol–water partition coefficient (Wildman–Crippen LogP) is 3.01. The molecule has 0 radical (unpaired) electrons. The number of carbonyl (C=O) groups excluding carboxylic acids is 1. The summed E-state index contributed by atoms with van der Waals surface area (Å²) < 4.78 is 0. The Morgan fingerprint density at radius 3 is 2.17 bits per heavy atom. The second-order valence-corrected chi connectivity index (χ2v) is 4.32. The molecular formula is C15H20N2O. The van der Waals surface area contributed by atoms with E-state index in [-0.39, 0.29) is 5.91 Å². The van der Waals surface area contributed by atoms with E-state index >= 15 is 0 Å². The van der Waals surface area contributed by atoms with Gasteiger partial charge in [0, 0.05) is 18.7 Å². The van der Waals surface area contributed by atoms with Crippen molar-refractivity contribution in [1.82, 2.24) is 4.90 Å². The van der Waals surface area contributed by atoms with Crippen molar-refractivity contribution in [2.24, 2.45) is 0 Å². The van der Waals surface area contributed by atoms with Crippen LogP contribution in [0.25, 0.3) is 0 Å². The Kier molecular flexibility index (Phi) is 5.93. The van der Waals surface area contributed by atoms with Crippen molar-refractivity contribution < 1.29 is 4.79 Å². The molecule has 1 aromatic carbocycles. The quantitative estimate of drug-likeness (QED) is 0.772. The van der Waals surface area contributed by atoms with E-state index in [0.717, 1.165) is 31.5 Å². The highest BCUT2D eigenvalue weighted by molar-refractivity contribution is 5.94. The third-order valence-corrected chi connectivity index (χ3v) is 2.76. The molecule has 1 amide bonds. The molecule has 0 aliphatic rings. The van der Waals surface area contributed by atoms with Crippen molar-refractivity contribution in [3.05, 3.63) is 35.4 Å². The van der Waals surface area contributed by atoms with Crippen LogP contribution in [0.2, 0.25) is 0 Å². The molecule has 0 bridgehead atoms. The minimum absolute atomic E-state index is 0.0854. The van der Waals surface area contributed by atoms with E-state index in [1.54, 1.807) is 0 Å². The van der Waals surface area contributed by atoms with Crippen molar-refractivity contribution in [2.45, 2.75) is 33.1 Å². The van der Waals surface area contributed by atoms with E-state index in [9.17, 15) is 4.79 Å². The summed E-state index contributed by atoms with van der Waals surface area (Å²) >= 11 is 0. The van der Waals surface area contributed by atoms with Crippen LogP contribution < -0.4 is 0 Å². The standard InChI is InChI=1S/C15H20N2O/c1-3-11-17(12-4-2)15(18)14-7-5-13(6-8-14)9-10-16/h5-8H,3-4,9,11-12H2,1-2H3. The number of hydrogen-bond donors (Lipinski definition) is 0. The maximum Gasteiger partial charge on any atom is 0.253 e. The van der Waals surface area contributed by atoms with Crippen LogP contribution in [-0.4, -0.2) is 23.9 Å². The molecule has 1 aromatic rings. The average Bonchev–Trinajstić information content (AvgIpc) is 2.39. The first kappa shape index (κ1) is 14.2. The zero-order chi connectivity index (χ0) is 13.4. The molecule has 0 fully saturated rings. The summed E-state index contributed by atoms with van der Waals surface area (Å²) in [6.07, 6.45) is 2.33. The minimum Gasteiger partial charge on any atom is -0.339 e. The molecule has 96 valence electrons. The summed E-state index contributed by atoms with van der Waals surface area (Å²) in [4.78, 5) is 14.1. The van der Waals surface area contributed by atoms with Crippen molar-refractivity contribution in [3.63, 3.8) is 0 Å². The number of rotatable bonds is 6. The first-order valence-corrected chi connectivity index (χ1v) is 6.48. The Morgan fingerprint density at radius 2 is 1.72 bits per heavy atom. The van der Waals surface area contributed by atoms with Gasteiger partial charge in [-0.05, 0) is 30.5 Å². The van der Waals surface area contributed by atoms with Crippen molar-refractivity contribution in [3.8, 4) is 6.07 Å². The lowest BCUT2D eigenvalue weighted by Crippen LogP contribution is -2.32. The lowest BCUT2D eigenvalue weighted by Gasteiger charge is -2.21. The molecule has 1 rings (SSSR count). The van der Waals surface area contributed by atoms with Gasteiger partial charge in [-0.2, -0.15) is 5.26 Å². The number of hydrogen-bond acceptors (Lipinski definition) is 2. The van der Waals surface area contributed by atoms with E-state index in [4.69, 9.17) is 5.26 Å². The molecule has 0 spiro atoms. The van der Waals surface area contributed by atoms with Gasteiger partial charge >= 0.3 is 0 Å². The fourth-order valence-corrected chi connectivity index (χ4v) is 1.89. The molecule has 0 saturated carbocycles. The summed E-state index contributed by atoms with van der Waals surface area (Å²) in [5.41, 5.74) is 1.66. The van der Waals surface area contributed by atoms with Crippen LogP contribution in [0.15, 0.2) is 24.3 Å². The monoisotopic (exact) mass is 244 g/mol. The maximum atomic E-state index is 12.3.